The number of nitrogens with zero attached hydrogens (tertiary/aromatic N) is 5. The first-order chi connectivity index (χ1) is 12.4. The van der Waals surface area contributed by atoms with E-state index in [2.05, 4.69) is 15.0 Å². The van der Waals surface area contributed by atoms with Crippen LogP contribution in [-0.2, 0) is 19.3 Å². The van der Waals surface area contributed by atoms with E-state index in [1.165, 1.54) is 18.8 Å². The molecule has 0 aliphatic carbocycles. The van der Waals surface area contributed by atoms with Gasteiger partial charge in [-0.15, -0.1) is 0 Å². The van der Waals surface area contributed by atoms with E-state index in [1.807, 2.05) is 32.0 Å². The molecule has 0 saturated carbocycles. The number of rotatable bonds is 5. The smallest absolute Gasteiger partial charge is 0.277 e. The number of hydrogen-bond donors (Lipinski definition) is 0. The molecule has 3 aromatic heterocycles. The summed E-state index contributed by atoms with van der Waals surface area (Å²) in [6.45, 7) is 6.30. The minimum atomic E-state index is -0.367. The van der Waals surface area contributed by atoms with E-state index in [1.54, 1.807) is 17.7 Å². The van der Waals surface area contributed by atoms with Gasteiger partial charge in [0.05, 0.1) is 5.69 Å². The summed E-state index contributed by atoms with van der Waals surface area (Å²) in [5.74, 6) is 1.36. The fraction of sp³-hybridized carbons (Fsp3) is 0.389. The van der Waals surface area contributed by atoms with E-state index >= 15 is 0 Å². The molecule has 3 aromatic rings. The van der Waals surface area contributed by atoms with E-state index in [4.69, 9.17) is 0 Å². The molecule has 0 N–H and O–H groups in total. The van der Waals surface area contributed by atoms with E-state index in [0.29, 0.717) is 34.2 Å². The first kappa shape index (κ1) is 18.3. The van der Waals surface area contributed by atoms with Gasteiger partial charge in [-0.1, -0.05) is 31.7 Å². The van der Waals surface area contributed by atoms with Crippen LogP contribution >= 0.6 is 11.8 Å². The first-order valence-electron chi connectivity index (χ1n) is 8.39. The number of pyridine rings is 1. The van der Waals surface area contributed by atoms with Gasteiger partial charge in [-0.05, 0) is 25.0 Å². The van der Waals surface area contributed by atoms with Gasteiger partial charge in [-0.3, -0.25) is 18.9 Å². The lowest BCUT2D eigenvalue weighted by molar-refractivity contribution is 0.498. The average Bonchev–Trinajstić information content (AvgIpc) is 2.62. The fourth-order valence-corrected chi connectivity index (χ4v) is 3.68. The molecule has 0 saturated heterocycles. The zero-order valence-corrected chi connectivity index (χ0v) is 16.1. The lowest BCUT2D eigenvalue weighted by Gasteiger charge is -2.15. The monoisotopic (exact) mass is 371 g/mol. The third-order valence-corrected chi connectivity index (χ3v) is 4.90. The maximum atomic E-state index is 12.8. The summed E-state index contributed by atoms with van der Waals surface area (Å²) in [5, 5.41) is 0.968. The molecule has 3 rings (SSSR count). The van der Waals surface area contributed by atoms with Crippen molar-refractivity contribution in [3.63, 3.8) is 0 Å². The van der Waals surface area contributed by atoms with E-state index in [9.17, 15) is 9.59 Å². The lowest BCUT2D eigenvalue weighted by Crippen LogP contribution is -2.39. The van der Waals surface area contributed by atoms with Gasteiger partial charge in [0.15, 0.2) is 5.65 Å². The van der Waals surface area contributed by atoms with Crippen LogP contribution in [0.4, 0.5) is 0 Å². The first-order valence-corrected chi connectivity index (χ1v) is 9.38. The molecule has 3 heterocycles. The molecule has 7 nitrogen and oxygen atoms in total. The highest BCUT2D eigenvalue weighted by Crippen LogP contribution is 2.25. The Morgan fingerprint density at radius 2 is 1.96 bits per heavy atom. The normalized spacial score (nSPS) is 11.4. The molecule has 26 heavy (non-hydrogen) atoms. The van der Waals surface area contributed by atoms with Crippen LogP contribution in [0.3, 0.4) is 0 Å². The maximum absolute atomic E-state index is 12.8. The summed E-state index contributed by atoms with van der Waals surface area (Å²) >= 11 is 1.43. The molecule has 136 valence electrons. The number of aromatic nitrogens is 5. The zero-order valence-electron chi connectivity index (χ0n) is 15.3. The Labute approximate surface area is 155 Å². The molecule has 0 fully saturated rings. The summed E-state index contributed by atoms with van der Waals surface area (Å²) < 4.78 is 2.70. The predicted octanol–water partition coefficient (Wildman–Crippen LogP) is 2.14. The second-order valence-corrected chi connectivity index (χ2v) is 7.50. The van der Waals surface area contributed by atoms with Gasteiger partial charge in [0.2, 0.25) is 0 Å². The number of hydrogen-bond acceptors (Lipinski definition) is 6. The third-order valence-electron chi connectivity index (χ3n) is 3.89. The fourth-order valence-electron chi connectivity index (χ4n) is 2.70. The Morgan fingerprint density at radius 1 is 1.19 bits per heavy atom. The molecule has 0 amide bonds. The minimum absolute atomic E-state index is 0.244. The number of aryl methyl sites for hydroxylation is 1. The van der Waals surface area contributed by atoms with Crippen LogP contribution in [0.5, 0.6) is 0 Å². The highest BCUT2D eigenvalue weighted by molar-refractivity contribution is 7.98. The molecule has 0 bridgehead atoms. The van der Waals surface area contributed by atoms with Crippen LogP contribution in [0.15, 0.2) is 39.0 Å². The molecule has 0 aliphatic heterocycles. The van der Waals surface area contributed by atoms with E-state index in [-0.39, 0.29) is 17.2 Å². The summed E-state index contributed by atoms with van der Waals surface area (Å²) in [5.41, 5.74) is 0.584. The van der Waals surface area contributed by atoms with Crippen molar-refractivity contribution in [1.29, 1.82) is 0 Å². The maximum Gasteiger partial charge on any atom is 0.332 e. The van der Waals surface area contributed by atoms with Crippen molar-refractivity contribution in [2.45, 2.75) is 38.1 Å². The molecule has 0 aromatic carbocycles. The van der Waals surface area contributed by atoms with Crippen LogP contribution in [-0.4, -0.2) is 24.1 Å². The lowest BCUT2D eigenvalue weighted by atomic mass is 10.2. The Hall–Kier alpha value is -2.48. The minimum Gasteiger partial charge on any atom is -0.277 e. The van der Waals surface area contributed by atoms with Gasteiger partial charge in [0, 0.05) is 25.5 Å². The van der Waals surface area contributed by atoms with Crippen molar-refractivity contribution in [3.05, 3.63) is 56.8 Å². The molecular formula is C18H21N5O2S. The Kier molecular flexibility index (Phi) is 5.22. The molecule has 0 aliphatic rings. The predicted molar refractivity (Wildman–Crippen MR) is 102 cm³/mol. The molecule has 0 atom stereocenters. The standard InChI is InChI=1S/C18H21N5O2S/c1-11(2)9-23-15-14(17(24)22(4)18(23)25)16(21-12(3)20-15)26-10-13-7-5-6-8-19-13/h5-8,11H,9-10H2,1-4H3. The van der Waals surface area contributed by atoms with Crippen LogP contribution in [0.25, 0.3) is 11.0 Å². The summed E-state index contributed by atoms with van der Waals surface area (Å²) in [6.07, 6.45) is 1.73. The molecule has 0 spiro atoms. The largest absolute Gasteiger partial charge is 0.332 e. The topological polar surface area (TPSA) is 82.7 Å². The summed E-state index contributed by atoms with van der Waals surface area (Å²) in [7, 11) is 1.49. The molecule has 8 heteroatoms. The quantitative estimate of drug-likeness (QED) is 0.505. The SMILES string of the molecule is Cc1nc(SCc2ccccn2)c2c(=O)n(C)c(=O)n(CC(C)C)c2n1. The van der Waals surface area contributed by atoms with E-state index in [0.717, 1.165) is 10.3 Å². The zero-order chi connectivity index (χ0) is 18.8. The van der Waals surface area contributed by atoms with Crippen LogP contribution in [0.1, 0.15) is 25.4 Å². The second-order valence-electron chi connectivity index (χ2n) is 6.54. The van der Waals surface area contributed by atoms with Gasteiger partial charge in [-0.2, -0.15) is 0 Å². The summed E-state index contributed by atoms with van der Waals surface area (Å²) in [4.78, 5) is 38.5. The molecular weight excluding hydrogens is 350 g/mol. The number of thioether (sulfide) groups is 1. The highest BCUT2D eigenvalue weighted by atomic mass is 32.2. The van der Waals surface area contributed by atoms with Gasteiger partial charge in [-0.25, -0.2) is 14.8 Å². The molecule has 0 unspecified atom stereocenters. The van der Waals surface area contributed by atoms with Crippen molar-refractivity contribution < 1.29 is 0 Å². The Balaban J connectivity index is 2.19. The Morgan fingerprint density at radius 3 is 2.62 bits per heavy atom. The highest BCUT2D eigenvalue weighted by Gasteiger charge is 2.18. The third kappa shape index (κ3) is 3.55. The van der Waals surface area contributed by atoms with Crippen molar-refractivity contribution in [2.75, 3.05) is 0 Å². The Bertz CT molecular complexity index is 1060. The number of fused-ring (bicyclic) bond motifs is 1. The van der Waals surface area contributed by atoms with Crippen molar-refractivity contribution >= 4 is 22.8 Å². The summed E-state index contributed by atoms with van der Waals surface area (Å²) in [6, 6.07) is 5.71. The molecule has 0 radical (unpaired) electrons. The van der Waals surface area contributed by atoms with Crippen LogP contribution in [0, 0.1) is 12.8 Å². The van der Waals surface area contributed by atoms with Gasteiger partial charge in [0.1, 0.15) is 16.2 Å². The van der Waals surface area contributed by atoms with Crippen LogP contribution in [0.2, 0.25) is 0 Å². The van der Waals surface area contributed by atoms with E-state index < -0.39 is 0 Å². The second kappa shape index (κ2) is 7.41. The van der Waals surface area contributed by atoms with Gasteiger partial charge < -0.3 is 0 Å². The van der Waals surface area contributed by atoms with Crippen molar-refractivity contribution in [2.24, 2.45) is 13.0 Å². The van der Waals surface area contributed by atoms with Gasteiger partial charge in [0.25, 0.3) is 5.56 Å². The van der Waals surface area contributed by atoms with Gasteiger partial charge >= 0.3 is 5.69 Å². The van der Waals surface area contributed by atoms with Crippen molar-refractivity contribution in [3.8, 4) is 0 Å². The average molecular weight is 371 g/mol. The van der Waals surface area contributed by atoms with Crippen molar-refractivity contribution in [1.82, 2.24) is 24.1 Å². The van der Waals surface area contributed by atoms with Crippen LogP contribution < -0.4 is 11.2 Å².